The Hall–Kier alpha value is -2.78. The highest BCUT2D eigenvalue weighted by molar-refractivity contribution is 6.30. The summed E-state index contributed by atoms with van der Waals surface area (Å²) in [4.78, 5) is 26.2. The number of ether oxygens (including phenoxy) is 2. The zero-order valence-corrected chi connectivity index (χ0v) is 18.1. The van der Waals surface area contributed by atoms with Crippen LogP contribution in [0.25, 0.3) is 0 Å². The van der Waals surface area contributed by atoms with Gasteiger partial charge in [0.05, 0.1) is 12.5 Å². The first-order chi connectivity index (χ1) is 15.6. The summed E-state index contributed by atoms with van der Waals surface area (Å²) in [5, 5.41) is 9.73. The average molecular weight is 484 g/mol. The van der Waals surface area contributed by atoms with Crippen molar-refractivity contribution >= 4 is 23.5 Å². The van der Waals surface area contributed by atoms with Gasteiger partial charge < -0.3 is 19.5 Å². The van der Waals surface area contributed by atoms with Crippen molar-refractivity contribution in [2.75, 3.05) is 6.54 Å². The van der Waals surface area contributed by atoms with Crippen LogP contribution in [0.5, 0.6) is 5.75 Å². The average Bonchev–Trinajstić information content (AvgIpc) is 3.54. The van der Waals surface area contributed by atoms with Crippen LogP contribution >= 0.6 is 11.6 Å². The summed E-state index contributed by atoms with van der Waals surface area (Å²) in [6.45, 7) is 0.404. The number of hydrogen-bond donors (Lipinski definition) is 1. The molecule has 1 saturated heterocycles. The van der Waals surface area contributed by atoms with E-state index in [1.165, 1.54) is 24.3 Å². The summed E-state index contributed by atoms with van der Waals surface area (Å²) in [5.41, 5.74) is 1.17. The van der Waals surface area contributed by atoms with Crippen LogP contribution in [0.4, 0.5) is 13.2 Å². The Morgan fingerprint density at radius 3 is 2.42 bits per heavy atom. The normalized spacial score (nSPS) is 23.5. The molecule has 1 aliphatic heterocycles. The minimum Gasteiger partial charge on any atom is -0.481 e. The number of alkyl halides is 3. The van der Waals surface area contributed by atoms with Gasteiger partial charge in [-0.25, -0.2) is 0 Å². The van der Waals surface area contributed by atoms with Crippen LogP contribution in [0.3, 0.4) is 0 Å². The Morgan fingerprint density at radius 1 is 1.15 bits per heavy atom. The Bertz CT molecular complexity index is 1030. The molecule has 1 amide bonds. The van der Waals surface area contributed by atoms with Crippen LogP contribution in [0.1, 0.15) is 42.5 Å². The van der Waals surface area contributed by atoms with Gasteiger partial charge in [0.15, 0.2) is 0 Å². The number of carboxylic acids is 1. The molecule has 2 aliphatic rings. The van der Waals surface area contributed by atoms with E-state index >= 15 is 0 Å². The number of morpholine rings is 1. The molecule has 6 nitrogen and oxygen atoms in total. The molecule has 3 atom stereocenters. The third-order valence-corrected chi connectivity index (χ3v) is 5.87. The van der Waals surface area contributed by atoms with Crippen LogP contribution in [0.2, 0.25) is 5.02 Å². The molecule has 1 heterocycles. The van der Waals surface area contributed by atoms with Crippen molar-refractivity contribution in [3.05, 3.63) is 64.7 Å². The second kappa shape index (κ2) is 9.23. The van der Waals surface area contributed by atoms with Gasteiger partial charge in [0.2, 0.25) is 0 Å². The number of aliphatic carboxylic acids is 1. The van der Waals surface area contributed by atoms with Crippen LogP contribution < -0.4 is 4.74 Å². The molecule has 2 fully saturated rings. The zero-order valence-electron chi connectivity index (χ0n) is 17.3. The quantitative estimate of drug-likeness (QED) is 0.590. The maximum atomic E-state index is 13.2. The molecule has 33 heavy (non-hydrogen) atoms. The van der Waals surface area contributed by atoms with Crippen LogP contribution in [0.15, 0.2) is 48.5 Å². The molecule has 2 aromatic rings. The lowest BCUT2D eigenvalue weighted by atomic mass is 9.91. The highest BCUT2D eigenvalue weighted by atomic mass is 35.5. The number of amides is 1. The monoisotopic (exact) mass is 483 g/mol. The molecule has 1 unspecified atom stereocenters. The smallest absolute Gasteiger partial charge is 0.481 e. The number of rotatable bonds is 7. The number of halogens is 4. The summed E-state index contributed by atoms with van der Waals surface area (Å²) in [6, 6.07) is 11.4. The van der Waals surface area contributed by atoms with Gasteiger partial charge in [-0.2, -0.15) is 0 Å². The van der Waals surface area contributed by atoms with E-state index in [-0.39, 0.29) is 11.7 Å². The maximum absolute atomic E-state index is 13.2. The van der Waals surface area contributed by atoms with Crippen molar-refractivity contribution in [1.29, 1.82) is 0 Å². The SMILES string of the molecule is O=C(O)C[C@H]1O[C@H](c2cccc(Cl)c2)C(c2ccc(OC(F)(F)F)cc2)N(CC2CC2)C1=O. The van der Waals surface area contributed by atoms with E-state index in [1.807, 2.05) is 0 Å². The van der Waals surface area contributed by atoms with Gasteiger partial charge in [0.25, 0.3) is 5.91 Å². The standard InChI is InChI=1S/C23H21ClF3NO5/c24-16-3-1-2-15(10-16)21-20(14-6-8-17(9-7-14)33-23(25,26)27)28(12-13-4-5-13)22(31)18(32-21)11-19(29)30/h1-3,6-10,13,18,20-21H,4-5,11-12H2,(H,29,30)/t18-,20?,21-/m1/s1. The van der Waals surface area contributed by atoms with E-state index in [0.717, 1.165) is 12.8 Å². The van der Waals surface area contributed by atoms with E-state index in [0.29, 0.717) is 22.7 Å². The number of carbonyl (C=O) groups is 2. The number of hydrogen-bond acceptors (Lipinski definition) is 4. The fourth-order valence-electron chi connectivity index (χ4n) is 4.04. The topological polar surface area (TPSA) is 76.1 Å². The van der Waals surface area contributed by atoms with Crippen molar-refractivity contribution in [2.24, 2.45) is 5.92 Å². The molecule has 0 radical (unpaired) electrons. The van der Waals surface area contributed by atoms with Gasteiger partial charge in [-0.15, -0.1) is 13.2 Å². The predicted octanol–water partition coefficient (Wildman–Crippen LogP) is 5.13. The van der Waals surface area contributed by atoms with Crippen molar-refractivity contribution in [3.8, 4) is 5.75 Å². The second-order valence-electron chi connectivity index (χ2n) is 8.19. The number of benzene rings is 2. The fourth-order valence-corrected chi connectivity index (χ4v) is 4.24. The number of carboxylic acid groups (broad SMARTS) is 1. The highest BCUT2D eigenvalue weighted by Gasteiger charge is 2.46. The van der Waals surface area contributed by atoms with Gasteiger partial charge in [0, 0.05) is 11.6 Å². The maximum Gasteiger partial charge on any atom is 0.573 e. The summed E-state index contributed by atoms with van der Waals surface area (Å²) in [7, 11) is 0. The fraction of sp³-hybridized carbons (Fsp3) is 0.391. The molecule has 1 N–H and O–H groups in total. The first-order valence-electron chi connectivity index (χ1n) is 10.4. The van der Waals surface area contributed by atoms with E-state index in [9.17, 15) is 27.9 Å². The van der Waals surface area contributed by atoms with Crippen molar-refractivity contribution in [2.45, 2.75) is 43.9 Å². The van der Waals surface area contributed by atoms with E-state index in [2.05, 4.69) is 4.74 Å². The van der Waals surface area contributed by atoms with E-state index in [4.69, 9.17) is 16.3 Å². The highest BCUT2D eigenvalue weighted by Crippen LogP contribution is 2.45. The van der Waals surface area contributed by atoms with E-state index < -0.39 is 42.9 Å². The van der Waals surface area contributed by atoms with E-state index in [1.54, 1.807) is 29.2 Å². The Kier molecular flexibility index (Phi) is 6.54. The first-order valence-corrected chi connectivity index (χ1v) is 10.8. The molecule has 4 rings (SSSR count). The van der Waals surface area contributed by atoms with Crippen LogP contribution in [0, 0.1) is 5.92 Å². The largest absolute Gasteiger partial charge is 0.573 e. The summed E-state index contributed by atoms with van der Waals surface area (Å²) in [6.07, 6.45) is -5.38. The Labute approximate surface area is 192 Å². The van der Waals surface area contributed by atoms with Gasteiger partial charge in [-0.05, 0) is 54.2 Å². The molecule has 2 aromatic carbocycles. The molecule has 0 spiro atoms. The van der Waals surface area contributed by atoms with Gasteiger partial charge in [-0.3, -0.25) is 9.59 Å². The summed E-state index contributed by atoms with van der Waals surface area (Å²) < 4.78 is 47.7. The minimum absolute atomic E-state index is 0.285. The van der Waals surface area contributed by atoms with Crippen molar-refractivity contribution < 1.29 is 37.3 Å². The van der Waals surface area contributed by atoms with Crippen molar-refractivity contribution in [1.82, 2.24) is 4.90 Å². The van der Waals surface area contributed by atoms with Gasteiger partial charge in [0.1, 0.15) is 18.0 Å². The lowest BCUT2D eigenvalue weighted by Gasteiger charge is -2.45. The molecule has 10 heteroatoms. The van der Waals surface area contributed by atoms with Gasteiger partial charge in [-0.1, -0.05) is 35.9 Å². The molecule has 1 aliphatic carbocycles. The zero-order chi connectivity index (χ0) is 23.8. The lowest BCUT2D eigenvalue weighted by Crippen LogP contribution is -2.52. The third kappa shape index (κ3) is 5.78. The Morgan fingerprint density at radius 2 is 1.85 bits per heavy atom. The molecule has 0 bridgehead atoms. The Balaban J connectivity index is 1.74. The second-order valence-corrected chi connectivity index (χ2v) is 8.63. The van der Waals surface area contributed by atoms with Crippen LogP contribution in [-0.4, -0.2) is 40.9 Å². The number of nitrogens with zero attached hydrogens (tertiary/aromatic N) is 1. The summed E-state index contributed by atoms with van der Waals surface area (Å²) >= 11 is 6.17. The lowest BCUT2D eigenvalue weighted by molar-refractivity contribution is -0.274. The summed E-state index contributed by atoms with van der Waals surface area (Å²) in [5.74, 6) is -1.72. The molecule has 176 valence electrons. The first kappa shape index (κ1) is 23.4. The third-order valence-electron chi connectivity index (χ3n) is 5.64. The molecular formula is C23H21ClF3NO5. The molecule has 1 saturated carbocycles. The number of carbonyl (C=O) groups excluding carboxylic acids is 1. The predicted molar refractivity (Wildman–Crippen MR) is 112 cm³/mol. The molecular weight excluding hydrogens is 463 g/mol. The minimum atomic E-state index is -4.82. The molecule has 0 aromatic heterocycles. The van der Waals surface area contributed by atoms with Gasteiger partial charge >= 0.3 is 12.3 Å². The van der Waals surface area contributed by atoms with Crippen LogP contribution in [-0.2, 0) is 14.3 Å². The van der Waals surface area contributed by atoms with Crippen molar-refractivity contribution in [3.63, 3.8) is 0 Å².